The Morgan fingerprint density at radius 3 is 2.04 bits per heavy atom. The minimum absolute atomic E-state index is 0.0891. The van der Waals surface area contributed by atoms with Gasteiger partial charge in [-0.15, -0.1) is 11.6 Å². The molecule has 1 aliphatic heterocycles. The molecule has 3 atom stereocenters. The van der Waals surface area contributed by atoms with E-state index in [0.29, 0.717) is 16.9 Å². The van der Waals surface area contributed by atoms with E-state index in [1.165, 1.54) is 0 Å². The number of hydrogen-bond acceptors (Lipinski definition) is 4. The van der Waals surface area contributed by atoms with Gasteiger partial charge in [0.15, 0.2) is 0 Å². The van der Waals surface area contributed by atoms with E-state index in [9.17, 15) is 14.4 Å². The van der Waals surface area contributed by atoms with Crippen LogP contribution in [0.15, 0.2) is 12.7 Å². The molecule has 1 rings (SSSR count). The molecule has 1 fully saturated rings. The molecule has 1 heterocycles. The van der Waals surface area contributed by atoms with E-state index >= 15 is 0 Å². The monoisotopic (exact) mass is 339 g/mol. The second-order valence-electron chi connectivity index (χ2n) is 6.82. The molecular weight excluding hydrogens is 306 g/mol. The molecule has 0 spiro atoms. The minimum Gasteiger partial charge on any atom is -0.330 e. The molecular formula is C19H33NO4. The lowest BCUT2D eigenvalue weighted by Gasteiger charge is -2.37. The van der Waals surface area contributed by atoms with Crippen molar-refractivity contribution in [2.24, 2.45) is 23.2 Å². The molecule has 0 aromatic carbocycles. The molecule has 0 aliphatic carbocycles. The lowest BCUT2D eigenvalue weighted by molar-refractivity contribution is -0.199. The largest absolute Gasteiger partial charge is 0.334 e. The molecule has 138 valence electrons. The Kier molecular flexibility index (Phi) is 8.94. The van der Waals surface area contributed by atoms with Gasteiger partial charge in [0, 0.05) is 12.8 Å². The molecule has 0 saturated carbocycles. The van der Waals surface area contributed by atoms with Crippen molar-refractivity contribution in [2.75, 3.05) is 0 Å². The zero-order valence-corrected chi connectivity index (χ0v) is 16.2. The maximum absolute atomic E-state index is 12.1. The van der Waals surface area contributed by atoms with E-state index in [2.05, 4.69) is 34.3 Å². The predicted octanol–water partition coefficient (Wildman–Crippen LogP) is 4.13. The van der Waals surface area contributed by atoms with E-state index in [0.717, 1.165) is 0 Å². The Balaban J connectivity index is 0.00000254. The van der Waals surface area contributed by atoms with Gasteiger partial charge in [-0.2, -0.15) is 0 Å². The first-order valence-corrected chi connectivity index (χ1v) is 8.82. The topological polar surface area (TPSA) is 63.7 Å². The van der Waals surface area contributed by atoms with Crippen molar-refractivity contribution in [3.8, 4) is 0 Å². The standard InChI is InChI=1S/C17H27NO4.C2H6/c1-7-17(6,13(5)12(4)11(2)3)10-16(21)22-18-14(19)8-9-15(18)20;1-2/h7,11-13H,1,8-10H2,2-6H3;1-2H3. The minimum atomic E-state index is -0.575. The predicted molar refractivity (Wildman–Crippen MR) is 94.6 cm³/mol. The average molecular weight is 339 g/mol. The highest BCUT2D eigenvalue weighted by Crippen LogP contribution is 2.40. The van der Waals surface area contributed by atoms with E-state index in [4.69, 9.17) is 4.84 Å². The van der Waals surface area contributed by atoms with Gasteiger partial charge in [0.25, 0.3) is 11.8 Å². The van der Waals surface area contributed by atoms with Crippen molar-refractivity contribution < 1.29 is 19.2 Å². The second kappa shape index (κ2) is 9.60. The van der Waals surface area contributed by atoms with E-state index < -0.39 is 23.2 Å². The van der Waals surface area contributed by atoms with Crippen LogP contribution in [-0.2, 0) is 19.2 Å². The lowest BCUT2D eigenvalue weighted by atomic mass is 9.67. The molecule has 5 heteroatoms. The van der Waals surface area contributed by atoms with Crippen LogP contribution in [0.5, 0.6) is 0 Å². The summed E-state index contributed by atoms with van der Waals surface area (Å²) < 4.78 is 0. The van der Waals surface area contributed by atoms with Crippen LogP contribution in [0.4, 0.5) is 0 Å². The quantitative estimate of drug-likeness (QED) is 0.517. The third kappa shape index (κ3) is 5.46. The summed E-state index contributed by atoms with van der Waals surface area (Å²) in [4.78, 5) is 40.1. The van der Waals surface area contributed by atoms with Crippen LogP contribution < -0.4 is 0 Å². The van der Waals surface area contributed by atoms with Crippen LogP contribution in [-0.4, -0.2) is 22.8 Å². The first-order chi connectivity index (χ1) is 11.1. The molecule has 24 heavy (non-hydrogen) atoms. The molecule has 0 radical (unpaired) electrons. The van der Waals surface area contributed by atoms with Crippen LogP contribution in [0, 0.1) is 23.2 Å². The van der Waals surface area contributed by atoms with Crippen molar-refractivity contribution in [2.45, 2.75) is 67.7 Å². The number of nitrogens with zero attached hydrogens (tertiary/aromatic N) is 1. The normalized spacial score (nSPS) is 19.2. The number of hydrogen-bond donors (Lipinski definition) is 0. The number of rotatable bonds is 7. The van der Waals surface area contributed by atoms with Crippen molar-refractivity contribution in [1.29, 1.82) is 0 Å². The average Bonchev–Trinajstić information content (AvgIpc) is 2.86. The highest BCUT2D eigenvalue weighted by Gasteiger charge is 2.38. The van der Waals surface area contributed by atoms with E-state index in [-0.39, 0.29) is 25.2 Å². The van der Waals surface area contributed by atoms with Gasteiger partial charge < -0.3 is 4.84 Å². The fourth-order valence-corrected chi connectivity index (χ4v) is 2.70. The summed E-state index contributed by atoms with van der Waals surface area (Å²) in [5.41, 5.74) is -0.452. The van der Waals surface area contributed by atoms with E-state index in [1.54, 1.807) is 6.08 Å². The Bertz CT molecular complexity index is 456. The Labute approximate surface area is 146 Å². The number of carbonyl (C=O) groups is 3. The molecule has 3 unspecified atom stereocenters. The summed E-state index contributed by atoms with van der Waals surface area (Å²) in [6, 6.07) is 0. The van der Waals surface area contributed by atoms with E-state index in [1.807, 2.05) is 20.8 Å². The SMILES string of the molecule is C=CC(C)(CC(=O)ON1C(=O)CCC1=O)C(C)C(C)C(C)C.CC. The van der Waals surface area contributed by atoms with Gasteiger partial charge in [-0.1, -0.05) is 54.5 Å². The highest BCUT2D eigenvalue weighted by molar-refractivity contribution is 6.01. The molecule has 0 aromatic rings. The molecule has 1 aliphatic rings. The molecule has 0 aromatic heterocycles. The van der Waals surface area contributed by atoms with Crippen LogP contribution in [0.2, 0.25) is 0 Å². The fourth-order valence-electron chi connectivity index (χ4n) is 2.70. The van der Waals surface area contributed by atoms with Crippen LogP contribution >= 0.6 is 0 Å². The molecule has 1 saturated heterocycles. The number of imide groups is 1. The summed E-state index contributed by atoms with van der Waals surface area (Å²) >= 11 is 0. The maximum Gasteiger partial charge on any atom is 0.334 e. The Hall–Kier alpha value is -1.65. The first kappa shape index (κ1) is 22.4. The van der Waals surface area contributed by atoms with Gasteiger partial charge in [-0.3, -0.25) is 9.59 Å². The van der Waals surface area contributed by atoms with Crippen molar-refractivity contribution in [1.82, 2.24) is 5.06 Å². The number of allylic oxidation sites excluding steroid dienone is 1. The summed E-state index contributed by atoms with van der Waals surface area (Å²) in [6.07, 6.45) is 2.06. The van der Waals surface area contributed by atoms with Gasteiger partial charge in [0.2, 0.25) is 0 Å². The van der Waals surface area contributed by atoms with Crippen LogP contribution in [0.3, 0.4) is 0 Å². The van der Waals surface area contributed by atoms with Gasteiger partial charge in [0.05, 0.1) is 6.42 Å². The third-order valence-corrected chi connectivity index (χ3v) is 5.07. The molecule has 0 bridgehead atoms. The maximum atomic E-state index is 12.1. The van der Waals surface area contributed by atoms with Gasteiger partial charge >= 0.3 is 5.97 Å². The fraction of sp³-hybridized carbons (Fsp3) is 0.737. The van der Waals surface area contributed by atoms with Crippen molar-refractivity contribution in [3.05, 3.63) is 12.7 Å². The third-order valence-electron chi connectivity index (χ3n) is 5.07. The molecule has 5 nitrogen and oxygen atoms in total. The van der Waals surface area contributed by atoms with Crippen molar-refractivity contribution in [3.63, 3.8) is 0 Å². The summed E-state index contributed by atoms with van der Waals surface area (Å²) in [5, 5.41) is 0.600. The first-order valence-electron chi connectivity index (χ1n) is 8.82. The second-order valence-corrected chi connectivity index (χ2v) is 6.82. The number of hydroxylamine groups is 2. The summed E-state index contributed by atoms with van der Waals surface area (Å²) in [5.74, 6) is -0.404. The summed E-state index contributed by atoms with van der Waals surface area (Å²) in [7, 11) is 0. The Morgan fingerprint density at radius 2 is 1.67 bits per heavy atom. The van der Waals surface area contributed by atoms with Gasteiger partial charge in [-0.05, 0) is 23.2 Å². The highest BCUT2D eigenvalue weighted by atomic mass is 16.7. The van der Waals surface area contributed by atoms with Gasteiger partial charge in [0.1, 0.15) is 0 Å². The zero-order chi connectivity index (χ0) is 19.1. The summed E-state index contributed by atoms with van der Waals surface area (Å²) in [6.45, 7) is 18.3. The van der Waals surface area contributed by atoms with Crippen LogP contribution in [0.25, 0.3) is 0 Å². The lowest BCUT2D eigenvalue weighted by Crippen LogP contribution is -2.37. The molecule has 0 N–H and O–H groups in total. The van der Waals surface area contributed by atoms with Crippen molar-refractivity contribution >= 4 is 17.8 Å². The smallest absolute Gasteiger partial charge is 0.330 e. The Morgan fingerprint density at radius 1 is 1.21 bits per heavy atom. The van der Waals surface area contributed by atoms with Gasteiger partial charge in [-0.25, -0.2) is 4.79 Å². The molecule has 2 amide bonds. The number of carbonyl (C=O) groups excluding carboxylic acids is 3. The van der Waals surface area contributed by atoms with Crippen LogP contribution in [0.1, 0.15) is 67.7 Å². The number of amides is 2. The zero-order valence-electron chi connectivity index (χ0n) is 16.2.